The van der Waals surface area contributed by atoms with Crippen LogP contribution >= 0.6 is 0 Å². The number of carboxylic acid groups (broad SMARTS) is 1. The van der Waals surface area contributed by atoms with Crippen LogP contribution in [0, 0.1) is 0 Å². The Kier molecular flexibility index (Phi) is 6.25. The van der Waals surface area contributed by atoms with Gasteiger partial charge in [0.1, 0.15) is 4.90 Å². The third-order valence-electron chi connectivity index (χ3n) is 2.82. The first-order valence-electron chi connectivity index (χ1n) is 6.45. The van der Waals surface area contributed by atoms with Crippen LogP contribution in [0.25, 0.3) is 0 Å². The number of carbonyl (C=O) groups is 1. The van der Waals surface area contributed by atoms with Crippen molar-refractivity contribution in [2.75, 3.05) is 18.4 Å². The maximum absolute atomic E-state index is 12.8. The quantitative estimate of drug-likeness (QED) is 0.487. The van der Waals surface area contributed by atoms with Gasteiger partial charge < -0.3 is 15.7 Å². The topological polar surface area (TPSA) is 156 Å². The van der Waals surface area contributed by atoms with Crippen molar-refractivity contribution in [1.29, 1.82) is 0 Å². The van der Waals surface area contributed by atoms with Gasteiger partial charge in [-0.05, 0) is 24.6 Å². The minimum absolute atomic E-state index is 0.0288. The molecule has 0 fully saturated rings. The Morgan fingerprint density at radius 3 is 2.24 bits per heavy atom. The van der Waals surface area contributed by atoms with Crippen LogP contribution < -0.4 is 15.8 Å². The molecule has 0 aromatic heterocycles. The number of amides is 1. The Hall–Kier alpha value is -2.06. The zero-order valence-electron chi connectivity index (χ0n) is 12.4. The molecule has 14 heteroatoms. The van der Waals surface area contributed by atoms with Crippen LogP contribution in [-0.4, -0.2) is 46.6 Å². The van der Waals surface area contributed by atoms with E-state index in [0.717, 1.165) is 12.1 Å². The number of hydrogen-bond donors (Lipinski definition) is 4. The number of sulfonamides is 1. The lowest BCUT2D eigenvalue weighted by Gasteiger charge is -2.15. The fraction of sp³-hybridized carbons (Fsp3) is 0.364. The van der Waals surface area contributed by atoms with Gasteiger partial charge in [0.05, 0.1) is 10.6 Å². The van der Waals surface area contributed by atoms with Gasteiger partial charge in [0.25, 0.3) is 9.84 Å². The summed E-state index contributed by atoms with van der Waals surface area (Å²) in [4.78, 5) is 8.16. The van der Waals surface area contributed by atoms with Crippen molar-refractivity contribution in [3.8, 4) is 0 Å². The molecule has 0 saturated heterocycles. The van der Waals surface area contributed by atoms with E-state index in [1.165, 1.54) is 0 Å². The summed E-state index contributed by atoms with van der Waals surface area (Å²) in [5.41, 5.74) is -6.13. The van der Waals surface area contributed by atoms with Crippen molar-refractivity contribution in [3.05, 3.63) is 18.2 Å². The summed E-state index contributed by atoms with van der Waals surface area (Å²) < 4.78 is 84.2. The number of nitrogens with one attached hydrogen (secondary N) is 2. The molecule has 1 aromatic carbocycles. The third-order valence-corrected chi connectivity index (χ3v) is 5.26. The number of hydrogen-bond acceptors (Lipinski definition) is 6. The molecule has 0 spiro atoms. The van der Waals surface area contributed by atoms with Gasteiger partial charge in [-0.2, -0.15) is 13.2 Å². The molecule has 9 nitrogen and oxygen atoms in total. The van der Waals surface area contributed by atoms with Crippen LogP contribution in [0.5, 0.6) is 0 Å². The van der Waals surface area contributed by atoms with E-state index in [4.69, 9.17) is 10.2 Å². The van der Waals surface area contributed by atoms with Crippen LogP contribution in [-0.2, 0) is 19.9 Å². The molecule has 0 heterocycles. The molecule has 0 aliphatic heterocycles. The number of alkyl halides is 3. The first kappa shape index (κ1) is 21.0. The summed E-state index contributed by atoms with van der Waals surface area (Å²) in [7, 11) is -10.3. The maximum atomic E-state index is 12.8. The van der Waals surface area contributed by atoms with Gasteiger partial charge in [0.15, 0.2) is 0 Å². The van der Waals surface area contributed by atoms with Gasteiger partial charge in [-0.1, -0.05) is 0 Å². The first-order chi connectivity index (χ1) is 11.3. The molecule has 0 saturated carbocycles. The molecule has 1 rings (SSSR count). The van der Waals surface area contributed by atoms with Gasteiger partial charge in [-0.15, -0.1) is 0 Å². The van der Waals surface area contributed by atoms with E-state index in [-0.39, 0.29) is 19.5 Å². The molecule has 0 aliphatic carbocycles. The van der Waals surface area contributed by atoms with Crippen LogP contribution in [0.1, 0.15) is 6.42 Å². The lowest BCUT2D eigenvalue weighted by molar-refractivity contribution is -0.0435. The standard InChI is InChI=1S/C11H14F3N3O6S2/c12-11(13,14)24(20,21)9-6-7(25(15,22)23)2-3-8(9)16-4-1-5-17-10(18)19/h2-3,6,16-17H,1,4-5H2,(H,18,19)(H2,15,22,23). The number of primary sulfonamides is 1. The molecular weight excluding hydrogens is 391 g/mol. The van der Waals surface area contributed by atoms with Crippen molar-refractivity contribution >= 4 is 31.6 Å². The largest absolute Gasteiger partial charge is 0.501 e. The summed E-state index contributed by atoms with van der Waals surface area (Å²) >= 11 is 0. The van der Waals surface area contributed by atoms with E-state index in [1.54, 1.807) is 0 Å². The number of halogens is 3. The number of benzene rings is 1. The molecule has 0 bridgehead atoms. The lowest BCUT2D eigenvalue weighted by atomic mass is 10.3. The van der Waals surface area contributed by atoms with Crippen LogP contribution in [0.3, 0.4) is 0 Å². The van der Waals surface area contributed by atoms with Gasteiger partial charge in [0, 0.05) is 13.1 Å². The van der Waals surface area contributed by atoms with Gasteiger partial charge >= 0.3 is 11.6 Å². The highest BCUT2D eigenvalue weighted by atomic mass is 32.2. The van der Waals surface area contributed by atoms with Crippen molar-refractivity contribution in [1.82, 2.24) is 5.32 Å². The molecule has 1 amide bonds. The molecule has 0 unspecified atom stereocenters. The van der Waals surface area contributed by atoms with E-state index in [1.807, 2.05) is 5.32 Å². The zero-order valence-corrected chi connectivity index (χ0v) is 14.0. The van der Waals surface area contributed by atoms with Gasteiger partial charge in [0.2, 0.25) is 10.0 Å². The third kappa shape index (κ3) is 5.47. The van der Waals surface area contributed by atoms with Gasteiger partial charge in [-0.25, -0.2) is 26.8 Å². The average molecular weight is 405 g/mol. The SMILES string of the molecule is NS(=O)(=O)c1ccc(NCCCNC(=O)O)c(S(=O)(=O)C(F)(F)F)c1. The highest BCUT2D eigenvalue weighted by molar-refractivity contribution is 7.92. The second-order valence-electron chi connectivity index (χ2n) is 4.66. The molecule has 5 N–H and O–H groups in total. The van der Waals surface area contributed by atoms with E-state index < -0.39 is 46.9 Å². The number of anilines is 1. The molecule has 1 aromatic rings. The summed E-state index contributed by atoms with van der Waals surface area (Å²) in [6, 6.07) is 2.00. The minimum Gasteiger partial charge on any atom is -0.465 e. The monoisotopic (exact) mass is 405 g/mol. The molecule has 142 valence electrons. The maximum Gasteiger partial charge on any atom is 0.501 e. The van der Waals surface area contributed by atoms with Crippen molar-refractivity contribution in [3.63, 3.8) is 0 Å². The van der Waals surface area contributed by atoms with Crippen molar-refractivity contribution in [2.24, 2.45) is 5.14 Å². The molecule has 0 atom stereocenters. The Bertz CT molecular complexity index is 852. The first-order valence-corrected chi connectivity index (χ1v) is 9.48. The van der Waals surface area contributed by atoms with E-state index >= 15 is 0 Å². The highest BCUT2D eigenvalue weighted by Gasteiger charge is 2.48. The Balaban J connectivity index is 3.19. The van der Waals surface area contributed by atoms with Crippen LogP contribution in [0.4, 0.5) is 23.7 Å². The van der Waals surface area contributed by atoms with E-state index in [9.17, 15) is 34.8 Å². The second-order valence-corrected chi connectivity index (χ2v) is 8.14. The molecular formula is C11H14F3N3O6S2. The zero-order chi connectivity index (χ0) is 19.5. The second kappa shape index (κ2) is 7.45. The number of nitrogens with two attached hydrogens (primary N) is 1. The molecule has 0 radical (unpaired) electrons. The Morgan fingerprint density at radius 1 is 1.16 bits per heavy atom. The normalized spacial score (nSPS) is 12.6. The predicted molar refractivity (Wildman–Crippen MR) is 80.2 cm³/mol. The summed E-state index contributed by atoms with van der Waals surface area (Å²) in [6.45, 7) is -0.103. The fourth-order valence-electron chi connectivity index (χ4n) is 1.68. The van der Waals surface area contributed by atoms with Crippen molar-refractivity contribution in [2.45, 2.75) is 21.7 Å². The number of rotatable bonds is 7. The van der Waals surface area contributed by atoms with E-state index in [0.29, 0.717) is 6.07 Å². The molecule has 0 aliphatic rings. The summed E-state index contributed by atoms with van der Waals surface area (Å²) in [5.74, 6) is 0. The Labute approximate surface area is 141 Å². The van der Waals surface area contributed by atoms with Crippen LogP contribution in [0.15, 0.2) is 28.0 Å². The number of sulfone groups is 1. The smallest absolute Gasteiger partial charge is 0.465 e. The average Bonchev–Trinajstić information content (AvgIpc) is 2.44. The van der Waals surface area contributed by atoms with E-state index in [2.05, 4.69) is 5.32 Å². The summed E-state index contributed by atoms with van der Waals surface area (Å²) in [6.07, 6.45) is -1.16. The fourth-order valence-corrected chi connectivity index (χ4v) is 3.26. The summed E-state index contributed by atoms with van der Waals surface area (Å²) in [5, 5.41) is 17.6. The minimum atomic E-state index is -5.84. The van der Waals surface area contributed by atoms with Crippen molar-refractivity contribution < 1.29 is 39.9 Å². The predicted octanol–water partition coefficient (Wildman–Crippen LogP) is 0.697. The Morgan fingerprint density at radius 2 is 1.76 bits per heavy atom. The molecule has 25 heavy (non-hydrogen) atoms. The van der Waals surface area contributed by atoms with Crippen LogP contribution in [0.2, 0.25) is 0 Å². The lowest BCUT2D eigenvalue weighted by Crippen LogP contribution is -2.26. The van der Waals surface area contributed by atoms with Gasteiger partial charge in [-0.3, -0.25) is 0 Å². The highest BCUT2D eigenvalue weighted by Crippen LogP contribution is 2.35.